The van der Waals surface area contributed by atoms with E-state index in [1.165, 1.54) is 17.5 Å². The Balaban J connectivity index is 1.54. The van der Waals surface area contributed by atoms with Crippen LogP contribution in [0.15, 0.2) is 47.4 Å². The van der Waals surface area contributed by atoms with Gasteiger partial charge >= 0.3 is 0 Å². The van der Waals surface area contributed by atoms with Crippen molar-refractivity contribution >= 4 is 10.0 Å². The third-order valence-electron chi connectivity index (χ3n) is 4.12. The first kappa shape index (κ1) is 16.0. The molecule has 4 nitrogen and oxygen atoms in total. The molecule has 23 heavy (non-hydrogen) atoms. The van der Waals surface area contributed by atoms with Crippen molar-refractivity contribution in [3.63, 3.8) is 0 Å². The summed E-state index contributed by atoms with van der Waals surface area (Å²) in [6, 6.07) is 13.1. The topological polar surface area (TPSA) is 55.4 Å². The van der Waals surface area contributed by atoms with Gasteiger partial charge in [-0.2, -0.15) is 0 Å². The lowest BCUT2D eigenvalue weighted by molar-refractivity contribution is 0.322. The van der Waals surface area contributed by atoms with Gasteiger partial charge in [0.05, 0.1) is 4.90 Å². The van der Waals surface area contributed by atoms with Crippen molar-refractivity contribution in [2.24, 2.45) is 0 Å². The van der Waals surface area contributed by atoms with E-state index in [2.05, 4.69) is 16.9 Å². The van der Waals surface area contributed by atoms with Crippen LogP contribution in [-0.2, 0) is 22.9 Å². The van der Waals surface area contributed by atoms with Crippen molar-refractivity contribution in [3.05, 3.63) is 59.2 Å². The van der Waals surface area contributed by atoms with E-state index in [9.17, 15) is 8.42 Å². The first-order valence-electron chi connectivity index (χ1n) is 7.86. The van der Waals surface area contributed by atoms with Gasteiger partial charge in [0.25, 0.3) is 0 Å². The van der Waals surface area contributed by atoms with E-state index in [-0.39, 0.29) is 6.54 Å². The molecular weight excluding hydrogens is 310 g/mol. The monoisotopic (exact) mass is 331 g/mol. The Morgan fingerprint density at radius 2 is 1.87 bits per heavy atom. The largest absolute Gasteiger partial charge is 0.492 e. The summed E-state index contributed by atoms with van der Waals surface area (Å²) in [6.07, 6.45) is 3.45. The van der Waals surface area contributed by atoms with Crippen molar-refractivity contribution in [1.29, 1.82) is 0 Å². The lowest BCUT2D eigenvalue weighted by Crippen LogP contribution is -2.28. The van der Waals surface area contributed by atoms with Gasteiger partial charge in [0.15, 0.2) is 0 Å². The number of hydrogen-bond acceptors (Lipinski definition) is 3. The van der Waals surface area contributed by atoms with E-state index >= 15 is 0 Å². The molecule has 0 radical (unpaired) electrons. The van der Waals surface area contributed by atoms with Crippen LogP contribution in [0.25, 0.3) is 0 Å². The highest BCUT2D eigenvalue weighted by Gasteiger charge is 2.15. The molecule has 0 spiro atoms. The molecule has 1 aliphatic rings. The first-order chi connectivity index (χ1) is 11.1. The van der Waals surface area contributed by atoms with Gasteiger partial charge in [-0.15, -0.1) is 0 Å². The molecule has 122 valence electrons. The smallest absolute Gasteiger partial charge is 0.240 e. The number of ether oxygens (including phenoxy) is 1. The quantitative estimate of drug-likeness (QED) is 0.828. The maximum Gasteiger partial charge on any atom is 0.240 e. The molecule has 0 unspecified atom stereocenters. The number of sulfonamides is 1. The summed E-state index contributed by atoms with van der Waals surface area (Å²) in [4.78, 5) is 0.317. The van der Waals surface area contributed by atoms with Crippen LogP contribution in [0.4, 0.5) is 0 Å². The fraction of sp³-hybridized carbons (Fsp3) is 0.333. The zero-order chi connectivity index (χ0) is 16.3. The average Bonchev–Trinajstić information content (AvgIpc) is 2.99. The molecule has 0 saturated heterocycles. The van der Waals surface area contributed by atoms with Crippen LogP contribution in [-0.4, -0.2) is 21.6 Å². The number of aryl methyl sites for hydroxylation is 3. The van der Waals surface area contributed by atoms with Crippen LogP contribution in [0.5, 0.6) is 5.75 Å². The Kier molecular flexibility index (Phi) is 4.68. The second-order valence-corrected chi connectivity index (χ2v) is 7.53. The lowest BCUT2D eigenvalue weighted by Gasteiger charge is -2.11. The Bertz CT molecular complexity index is 800. The Labute approximate surface area is 137 Å². The van der Waals surface area contributed by atoms with Gasteiger partial charge in [0, 0.05) is 6.54 Å². The van der Waals surface area contributed by atoms with Crippen LogP contribution in [0.3, 0.4) is 0 Å². The SMILES string of the molecule is Cc1ccccc1S(=O)(=O)NCCOc1ccc2c(c1)CCC2. The van der Waals surface area contributed by atoms with Crippen molar-refractivity contribution < 1.29 is 13.2 Å². The standard InChI is InChI=1S/C18H21NO3S/c1-14-5-2-3-8-18(14)23(20,21)19-11-12-22-17-10-9-15-6-4-7-16(15)13-17/h2-3,5,8-10,13,19H,4,6-7,11-12H2,1H3. The van der Waals surface area contributed by atoms with Gasteiger partial charge < -0.3 is 4.74 Å². The summed E-state index contributed by atoms with van der Waals surface area (Å²) in [5.41, 5.74) is 3.49. The lowest BCUT2D eigenvalue weighted by atomic mass is 10.1. The van der Waals surface area contributed by atoms with Gasteiger partial charge in [0.2, 0.25) is 10.0 Å². The first-order valence-corrected chi connectivity index (χ1v) is 9.34. The van der Waals surface area contributed by atoms with Crippen LogP contribution >= 0.6 is 0 Å². The third-order valence-corrected chi connectivity index (χ3v) is 5.74. The number of hydrogen-bond donors (Lipinski definition) is 1. The fourth-order valence-electron chi connectivity index (χ4n) is 2.92. The van der Waals surface area contributed by atoms with E-state index < -0.39 is 10.0 Å². The summed E-state index contributed by atoms with van der Waals surface area (Å²) >= 11 is 0. The molecule has 0 saturated carbocycles. The molecule has 0 aromatic heterocycles. The Morgan fingerprint density at radius 1 is 1.09 bits per heavy atom. The van der Waals surface area contributed by atoms with E-state index in [1.807, 2.05) is 12.1 Å². The van der Waals surface area contributed by atoms with Gasteiger partial charge in [-0.3, -0.25) is 0 Å². The molecule has 2 aromatic carbocycles. The second-order valence-electron chi connectivity index (χ2n) is 5.80. The molecule has 1 N–H and O–H groups in total. The van der Waals surface area contributed by atoms with Crippen LogP contribution in [0.2, 0.25) is 0 Å². The molecule has 0 amide bonds. The molecule has 0 atom stereocenters. The minimum absolute atomic E-state index is 0.244. The van der Waals surface area contributed by atoms with E-state index in [1.54, 1.807) is 25.1 Å². The summed E-state index contributed by atoms with van der Waals surface area (Å²) in [7, 11) is -3.48. The van der Waals surface area contributed by atoms with Gasteiger partial charge in [-0.1, -0.05) is 24.3 Å². The minimum atomic E-state index is -3.48. The Morgan fingerprint density at radius 3 is 2.70 bits per heavy atom. The van der Waals surface area contributed by atoms with Crippen molar-refractivity contribution in [1.82, 2.24) is 4.72 Å². The molecule has 0 fully saturated rings. The maximum absolute atomic E-state index is 12.3. The van der Waals surface area contributed by atoms with Crippen LogP contribution < -0.4 is 9.46 Å². The summed E-state index contributed by atoms with van der Waals surface area (Å²) in [5.74, 6) is 0.806. The second kappa shape index (κ2) is 6.72. The molecular formula is C18H21NO3S. The highest BCUT2D eigenvalue weighted by molar-refractivity contribution is 7.89. The summed E-state index contributed by atoms with van der Waals surface area (Å²) < 4.78 is 32.8. The van der Waals surface area contributed by atoms with E-state index in [4.69, 9.17) is 4.74 Å². The molecule has 0 heterocycles. The number of nitrogens with one attached hydrogen (secondary N) is 1. The van der Waals surface area contributed by atoms with E-state index in [0.717, 1.165) is 24.2 Å². The van der Waals surface area contributed by atoms with Gasteiger partial charge in [-0.05, 0) is 61.1 Å². The molecule has 3 rings (SSSR count). The predicted molar refractivity (Wildman–Crippen MR) is 90.3 cm³/mol. The minimum Gasteiger partial charge on any atom is -0.492 e. The van der Waals surface area contributed by atoms with E-state index in [0.29, 0.717) is 11.5 Å². The zero-order valence-corrected chi connectivity index (χ0v) is 14.0. The average molecular weight is 331 g/mol. The fourth-order valence-corrected chi connectivity index (χ4v) is 4.18. The number of rotatable bonds is 6. The number of fused-ring (bicyclic) bond motifs is 1. The molecule has 5 heteroatoms. The molecule has 0 aliphatic heterocycles. The normalized spacial score (nSPS) is 13.8. The van der Waals surface area contributed by atoms with Crippen molar-refractivity contribution in [3.8, 4) is 5.75 Å². The van der Waals surface area contributed by atoms with Crippen LogP contribution in [0.1, 0.15) is 23.1 Å². The van der Waals surface area contributed by atoms with Gasteiger partial charge in [0.1, 0.15) is 12.4 Å². The molecule has 0 bridgehead atoms. The highest BCUT2D eigenvalue weighted by atomic mass is 32.2. The predicted octanol–water partition coefficient (Wildman–Crippen LogP) is 2.84. The zero-order valence-electron chi connectivity index (χ0n) is 13.2. The third kappa shape index (κ3) is 3.74. The summed E-state index contributed by atoms with van der Waals surface area (Å²) in [5, 5.41) is 0. The molecule has 1 aliphatic carbocycles. The Hall–Kier alpha value is -1.85. The number of benzene rings is 2. The molecule has 2 aromatic rings. The van der Waals surface area contributed by atoms with Gasteiger partial charge in [-0.25, -0.2) is 13.1 Å². The maximum atomic E-state index is 12.3. The summed E-state index contributed by atoms with van der Waals surface area (Å²) in [6.45, 7) is 2.34. The van der Waals surface area contributed by atoms with Crippen molar-refractivity contribution in [2.75, 3.05) is 13.2 Å². The van der Waals surface area contributed by atoms with Crippen molar-refractivity contribution in [2.45, 2.75) is 31.1 Å². The van der Waals surface area contributed by atoms with Crippen LogP contribution in [0, 0.1) is 6.92 Å². The highest BCUT2D eigenvalue weighted by Crippen LogP contribution is 2.25.